The number of hydrogen-bond acceptors (Lipinski definition) is 3. The minimum absolute atomic E-state index is 0.0707. The smallest absolute Gasteiger partial charge is 0.386 e. The van der Waals surface area contributed by atoms with Crippen molar-refractivity contribution in [2.24, 2.45) is 0 Å². The molecular weight excluding hydrogens is 294 g/mol. The van der Waals surface area contributed by atoms with Crippen molar-refractivity contribution in [3.05, 3.63) is 52.0 Å². The number of thiophene rings is 1. The number of rotatable bonds is 4. The molecule has 0 saturated carbocycles. The van der Waals surface area contributed by atoms with E-state index in [1.807, 2.05) is 0 Å². The van der Waals surface area contributed by atoms with Crippen molar-refractivity contribution in [3.63, 3.8) is 0 Å². The molecule has 1 atom stereocenters. The van der Waals surface area contributed by atoms with Crippen LogP contribution in [0.25, 0.3) is 0 Å². The summed E-state index contributed by atoms with van der Waals surface area (Å²) in [6.07, 6.45) is -5.43. The van der Waals surface area contributed by atoms with E-state index in [0.717, 1.165) is 6.07 Å². The molecule has 2 aromatic rings. The number of benzene rings is 1. The third-order valence-corrected chi connectivity index (χ3v) is 3.62. The Labute approximate surface area is 116 Å². The molecule has 1 heterocycles. The van der Waals surface area contributed by atoms with Gasteiger partial charge in [0.2, 0.25) is 0 Å². The van der Waals surface area contributed by atoms with Crippen molar-refractivity contribution in [1.29, 1.82) is 0 Å². The Morgan fingerprint density at radius 2 is 2.00 bits per heavy atom. The number of alkyl halides is 3. The van der Waals surface area contributed by atoms with Crippen LogP contribution in [0.2, 0.25) is 0 Å². The summed E-state index contributed by atoms with van der Waals surface area (Å²) in [4.78, 5) is 0.657. The van der Waals surface area contributed by atoms with Crippen LogP contribution in [-0.2, 0) is 6.18 Å². The summed E-state index contributed by atoms with van der Waals surface area (Å²) in [6.45, 7) is -0.0707. The molecule has 108 valence electrons. The average molecular weight is 305 g/mol. The van der Waals surface area contributed by atoms with Gasteiger partial charge in [-0.2, -0.15) is 13.2 Å². The first-order valence-electron chi connectivity index (χ1n) is 5.70. The fourth-order valence-corrected chi connectivity index (χ4v) is 2.34. The first kappa shape index (κ1) is 14.8. The van der Waals surface area contributed by atoms with Crippen LogP contribution in [0.5, 0.6) is 0 Å². The molecule has 1 unspecified atom stereocenters. The number of nitrogens with one attached hydrogen (secondary N) is 1. The highest BCUT2D eigenvalue weighted by Crippen LogP contribution is 2.32. The van der Waals surface area contributed by atoms with Crippen molar-refractivity contribution in [3.8, 4) is 0 Å². The average Bonchev–Trinajstić information content (AvgIpc) is 2.90. The highest BCUT2D eigenvalue weighted by molar-refractivity contribution is 7.10. The Bertz CT molecular complexity index is 568. The second kappa shape index (κ2) is 5.80. The molecule has 0 saturated heterocycles. The monoisotopic (exact) mass is 305 g/mol. The van der Waals surface area contributed by atoms with Gasteiger partial charge in [-0.3, -0.25) is 0 Å². The molecule has 0 spiro atoms. The first-order chi connectivity index (χ1) is 9.38. The van der Waals surface area contributed by atoms with Crippen LogP contribution in [0.15, 0.2) is 35.7 Å². The van der Waals surface area contributed by atoms with E-state index < -0.39 is 23.7 Å². The summed E-state index contributed by atoms with van der Waals surface area (Å²) in [7, 11) is 0. The largest absolute Gasteiger partial charge is 0.416 e. The van der Waals surface area contributed by atoms with Crippen LogP contribution in [0, 0.1) is 5.82 Å². The van der Waals surface area contributed by atoms with Crippen LogP contribution in [0.1, 0.15) is 16.5 Å². The van der Waals surface area contributed by atoms with Crippen LogP contribution in [-0.4, -0.2) is 11.7 Å². The van der Waals surface area contributed by atoms with E-state index in [-0.39, 0.29) is 12.2 Å². The Hall–Kier alpha value is -1.60. The maximum Gasteiger partial charge on any atom is 0.416 e. The molecule has 1 aromatic heterocycles. The highest BCUT2D eigenvalue weighted by Gasteiger charge is 2.31. The molecule has 20 heavy (non-hydrogen) atoms. The molecule has 0 aliphatic rings. The van der Waals surface area contributed by atoms with E-state index >= 15 is 0 Å². The van der Waals surface area contributed by atoms with Crippen molar-refractivity contribution in [2.75, 3.05) is 11.9 Å². The molecule has 2 nitrogen and oxygen atoms in total. The fraction of sp³-hybridized carbons (Fsp3) is 0.231. The molecule has 2 rings (SSSR count). The van der Waals surface area contributed by atoms with Crippen molar-refractivity contribution in [2.45, 2.75) is 12.3 Å². The molecule has 2 N–H and O–H groups in total. The number of aliphatic hydroxyl groups excluding tert-OH is 1. The minimum Gasteiger partial charge on any atom is -0.386 e. The van der Waals surface area contributed by atoms with E-state index in [0.29, 0.717) is 17.0 Å². The maximum absolute atomic E-state index is 13.4. The zero-order valence-electron chi connectivity index (χ0n) is 10.1. The molecule has 0 fully saturated rings. The molecule has 0 radical (unpaired) electrons. The third kappa shape index (κ3) is 3.49. The molecule has 0 aliphatic heterocycles. The lowest BCUT2D eigenvalue weighted by molar-refractivity contribution is -0.137. The highest BCUT2D eigenvalue weighted by atomic mass is 32.1. The summed E-state index contributed by atoms with van der Waals surface area (Å²) in [5.41, 5.74) is -1.22. The third-order valence-electron chi connectivity index (χ3n) is 2.65. The van der Waals surface area contributed by atoms with Gasteiger partial charge in [-0.15, -0.1) is 11.3 Å². The van der Waals surface area contributed by atoms with E-state index in [9.17, 15) is 22.7 Å². The van der Waals surface area contributed by atoms with Gasteiger partial charge in [-0.25, -0.2) is 4.39 Å². The number of halogens is 4. The Morgan fingerprint density at radius 3 is 2.60 bits per heavy atom. The predicted octanol–water partition coefficient (Wildman–Crippen LogP) is 4.05. The van der Waals surface area contributed by atoms with Gasteiger partial charge in [0.25, 0.3) is 0 Å². The van der Waals surface area contributed by atoms with Gasteiger partial charge in [0.15, 0.2) is 0 Å². The van der Waals surface area contributed by atoms with Crippen LogP contribution in [0.3, 0.4) is 0 Å². The molecule has 7 heteroatoms. The standard InChI is InChI=1S/C13H11F4NOS/c14-9-4-3-8(13(15,16)17)6-10(9)18-7-11(19)12-2-1-5-20-12/h1-6,11,18-19H,7H2. The molecule has 1 aromatic carbocycles. The normalized spacial score (nSPS) is 13.2. The van der Waals surface area contributed by atoms with E-state index in [4.69, 9.17) is 0 Å². The van der Waals surface area contributed by atoms with Gasteiger partial charge in [-0.1, -0.05) is 6.07 Å². The lowest BCUT2D eigenvalue weighted by Gasteiger charge is -2.14. The topological polar surface area (TPSA) is 32.3 Å². The van der Waals surface area contributed by atoms with Crippen LogP contribution in [0.4, 0.5) is 23.2 Å². The van der Waals surface area contributed by atoms with Gasteiger partial charge in [0.05, 0.1) is 11.3 Å². The van der Waals surface area contributed by atoms with Crippen LogP contribution < -0.4 is 5.32 Å². The molecule has 0 amide bonds. The summed E-state index contributed by atoms with van der Waals surface area (Å²) >= 11 is 1.31. The second-order valence-corrected chi connectivity index (χ2v) is 5.08. The number of hydrogen-bond donors (Lipinski definition) is 2. The van der Waals surface area contributed by atoms with E-state index in [1.54, 1.807) is 17.5 Å². The van der Waals surface area contributed by atoms with Gasteiger partial charge < -0.3 is 10.4 Å². The summed E-state index contributed by atoms with van der Waals surface area (Å²) in [6, 6.07) is 5.56. The number of anilines is 1. The molecular formula is C13H11F4NOS. The lowest BCUT2D eigenvalue weighted by Crippen LogP contribution is -2.13. The molecule has 0 bridgehead atoms. The van der Waals surface area contributed by atoms with Gasteiger partial charge in [0.1, 0.15) is 11.9 Å². The fourth-order valence-electron chi connectivity index (χ4n) is 1.63. The van der Waals surface area contributed by atoms with Gasteiger partial charge in [-0.05, 0) is 29.6 Å². The van der Waals surface area contributed by atoms with Gasteiger partial charge >= 0.3 is 6.18 Å². The predicted molar refractivity (Wildman–Crippen MR) is 69.2 cm³/mol. The molecule has 0 aliphatic carbocycles. The van der Waals surface area contributed by atoms with Gasteiger partial charge in [0, 0.05) is 11.4 Å². The quantitative estimate of drug-likeness (QED) is 0.835. The van der Waals surface area contributed by atoms with E-state index in [2.05, 4.69) is 5.32 Å². The van der Waals surface area contributed by atoms with Crippen molar-refractivity contribution >= 4 is 17.0 Å². The Balaban J connectivity index is 2.09. The van der Waals surface area contributed by atoms with Crippen LogP contribution >= 0.6 is 11.3 Å². The maximum atomic E-state index is 13.4. The zero-order valence-corrected chi connectivity index (χ0v) is 10.9. The first-order valence-corrected chi connectivity index (χ1v) is 6.58. The lowest BCUT2D eigenvalue weighted by atomic mass is 10.2. The SMILES string of the molecule is OC(CNc1cc(C(F)(F)F)ccc1F)c1cccs1. The Kier molecular flexibility index (Phi) is 4.29. The van der Waals surface area contributed by atoms with E-state index in [1.165, 1.54) is 11.3 Å². The number of aliphatic hydroxyl groups is 1. The summed E-state index contributed by atoms with van der Waals surface area (Å²) < 4.78 is 51.0. The van der Waals surface area contributed by atoms with Crippen molar-refractivity contribution < 1.29 is 22.7 Å². The zero-order chi connectivity index (χ0) is 14.8. The van der Waals surface area contributed by atoms with Crippen molar-refractivity contribution in [1.82, 2.24) is 0 Å². The second-order valence-electron chi connectivity index (χ2n) is 4.10. The summed E-state index contributed by atoms with van der Waals surface area (Å²) in [5, 5.41) is 14.1. The Morgan fingerprint density at radius 1 is 1.25 bits per heavy atom. The minimum atomic E-state index is -4.53. The summed E-state index contributed by atoms with van der Waals surface area (Å²) in [5.74, 6) is -0.795.